The first-order valence-corrected chi connectivity index (χ1v) is 17.1. The van der Waals surface area contributed by atoms with E-state index < -0.39 is 0 Å². The lowest BCUT2D eigenvalue weighted by molar-refractivity contribution is -0.633. The van der Waals surface area contributed by atoms with Gasteiger partial charge < -0.3 is 4.57 Å². The average Bonchev–Trinajstić information content (AvgIpc) is 3.33. The highest BCUT2D eigenvalue weighted by Gasteiger charge is 2.27. The lowest BCUT2D eigenvalue weighted by Crippen LogP contribution is -2.33. The summed E-state index contributed by atoms with van der Waals surface area (Å²) in [7, 11) is 2.23. The van der Waals surface area contributed by atoms with Crippen LogP contribution in [0.2, 0.25) is 0 Å². The first-order valence-electron chi connectivity index (χ1n) is 17.1. The monoisotopic (exact) mass is 617 g/mol. The molecule has 7 rings (SSSR count). The van der Waals surface area contributed by atoms with Gasteiger partial charge in [-0.1, -0.05) is 123 Å². The van der Waals surface area contributed by atoms with E-state index in [4.69, 9.17) is 0 Å². The lowest BCUT2D eigenvalue weighted by Gasteiger charge is -2.24. The molecule has 2 heterocycles. The van der Waals surface area contributed by atoms with E-state index in [1.54, 1.807) is 0 Å². The number of benzene rings is 5. The van der Waals surface area contributed by atoms with E-state index in [2.05, 4.69) is 182 Å². The van der Waals surface area contributed by atoms with Gasteiger partial charge in [-0.15, -0.1) is 0 Å². The Bertz CT molecular complexity index is 2290. The Morgan fingerprint density at radius 3 is 1.55 bits per heavy atom. The van der Waals surface area contributed by atoms with Gasteiger partial charge in [-0.3, -0.25) is 0 Å². The summed E-state index contributed by atoms with van der Waals surface area (Å²) in [5.74, 6) is 0. The van der Waals surface area contributed by atoms with Gasteiger partial charge in [0.1, 0.15) is 7.05 Å². The summed E-state index contributed by atoms with van der Waals surface area (Å²) < 4.78 is 4.96. The largest absolute Gasteiger partial charge is 0.308 e. The maximum absolute atomic E-state index is 2.56. The van der Waals surface area contributed by atoms with Crippen molar-refractivity contribution in [3.8, 4) is 16.9 Å². The SMILES string of the molecule is Cc1c(-c2cc(-n3c4cc(C(C)(C)C)ccc4c4ccc(C(C)(C)C)cc43)c3ccccc3[n+]2C)cc(C(C)(C)C)c2ccccc12. The molecule has 0 saturated carbocycles. The molecule has 0 spiro atoms. The molecule has 0 aliphatic rings. The Labute approximate surface area is 280 Å². The first-order chi connectivity index (χ1) is 22.1. The fourth-order valence-corrected chi connectivity index (χ4v) is 7.48. The van der Waals surface area contributed by atoms with Crippen LogP contribution in [0, 0.1) is 6.92 Å². The topological polar surface area (TPSA) is 8.81 Å². The van der Waals surface area contributed by atoms with E-state index in [1.807, 2.05) is 0 Å². The number of aromatic nitrogens is 2. The summed E-state index contributed by atoms with van der Waals surface area (Å²) >= 11 is 0. The number of hydrogen-bond donors (Lipinski definition) is 0. The Balaban J connectivity index is 1.66. The van der Waals surface area contributed by atoms with E-state index in [-0.39, 0.29) is 16.2 Å². The standard InChI is InChI=1S/C45H49N2/c1-28-31-16-12-13-17-32(31)37(45(8,9)10)26-36(28)39-27-42(35-18-14-15-19-38(35)46(39)11)47-40-24-29(43(2,3)4)20-22-33(40)34-23-21-30(25-41(34)47)44(5,6)7/h12-27H,1-11H3/q+1. The molecule has 7 aromatic rings. The number of hydrogen-bond acceptors (Lipinski definition) is 0. The van der Waals surface area contributed by atoms with Crippen LogP contribution in [0.25, 0.3) is 60.4 Å². The van der Waals surface area contributed by atoms with Crippen molar-refractivity contribution in [1.29, 1.82) is 0 Å². The number of rotatable bonds is 2. The number of pyridine rings is 1. The van der Waals surface area contributed by atoms with Crippen LogP contribution in [0.5, 0.6) is 0 Å². The molecule has 0 saturated heterocycles. The highest BCUT2D eigenvalue weighted by molar-refractivity contribution is 6.11. The minimum absolute atomic E-state index is 0.000150. The predicted octanol–water partition coefficient (Wildman–Crippen LogP) is 11.8. The molecule has 0 radical (unpaired) electrons. The second-order valence-electron chi connectivity index (χ2n) is 16.7. The second-order valence-corrected chi connectivity index (χ2v) is 16.7. The summed E-state index contributed by atoms with van der Waals surface area (Å²) in [6.45, 7) is 23.1. The molecule has 47 heavy (non-hydrogen) atoms. The number of para-hydroxylation sites is 1. The average molecular weight is 618 g/mol. The van der Waals surface area contributed by atoms with Gasteiger partial charge in [0.25, 0.3) is 0 Å². The van der Waals surface area contributed by atoms with Crippen LogP contribution in [0.4, 0.5) is 0 Å². The van der Waals surface area contributed by atoms with E-state index in [9.17, 15) is 0 Å². The van der Waals surface area contributed by atoms with Gasteiger partial charge in [-0.25, -0.2) is 0 Å². The van der Waals surface area contributed by atoms with Crippen LogP contribution in [0.1, 0.15) is 84.6 Å². The van der Waals surface area contributed by atoms with Crippen LogP contribution in [-0.2, 0) is 23.3 Å². The van der Waals surface area contributed by atoms with Crippen LogP contribution in [0.15, 0.2) is 97.1 Å². The van der Waals surface area contributed by atoms with Gasteiger partial charge >= 0.3 is 0 Å². The van der Waals surface area contributed by atoms with Crippen LogP contribution in [-0.4, -0.2) is 4.57 Å². The summed E-state index contributed by atoms with van der Waals surface area (Å²) in [5, 5.41) is 6.51. The molecule has 5 aromatic carbocycles. The number of fused-ring (bicyclic) bond motifs is 5. The van der Waals surface area contributed by atoms with Crippen molar-refractivity contribution in [3.05, 3.63) is 119 Å². The zero-order valence-electron chi connectivity index (χ0n) is 30.1. The molecule has 0 unspecified atom stereocenters. The molecule has 2 heteroatoms. The van der Waals surface area contributed by atoms with E-state index in [1.165, 1.54) is 82.7 Å². The molecule has 0 amide bonds. The lowest BCUT2D eigenvalue weighted by atomic mass is 9.80. The van der Waals surface area contributed by atoms with Crippen molar-refractivity contribution in [2.45, 2.75) is 85.5 Å². The van der Waals surface area contributed by atoms with Gasteiger partial charge in [0, 0.05) is 22.9 Å². The summed E-state index contributed by atoms with van der Waals surface area (Å²) in [4.78, 5) is 0. The maximum atomic E-state index is 2.56. The van der Waals surface area contributed by atoms with Gasteiger partial charge in [-0.2, -0.15) is 4.57 Å². The molecule has 0 atom stereocenters. The third kappa shape index (κ3) is 5.05. The van der Waals surface area contributed by atoms with Gasteiger partial charge in [-0.05, 0) is 80.5 Å². The van der Waals surface area contributed by atoms with Gasteiger partial charge in [0.15, 0.2) is 0 Å². The third-order valence-electron chi connectivity index (χ3n) is 10.3. The van der Waals surface area contributed by atoms with Crippen LogP contribution < -0.4 is 4.57 Å². The first kappa shape index (κ1) is 31.2. The Hall–Kier alpha value is -4.43. The number of aryl methyl sites for hydroxylation is 2. The second kappa shape index (κ2) is 10.5. The van der Waals surface area contributed by atoms with Crippen LogP contribution >= 0.6 is 0 Å². The zero-order valence-corrected chi connectivity index (χ0v) is 30.1. The van der Waals surface area contributed by atoms with Crippen molar-refractivity contribution in [3.63, 3.8) is 0 Å². The normalized spacial score (nSPS) is 13.0. The predicted molar refractivity (Wildman–Crippen MR) is 203 cm³/mol. The highest BCUT2D eigenvalue weighted by Crippen LogP contribution is 2.41. The highest BCUT2D eigenvalue weighted by atomic mass is 15.0. The molecule has 0 bridgehead atoms. The summed E-state index contributed by atoms with van der Waals surface area (Å²) in [5.41, 5.74) is 12.9. The number of nitrogens with zero attached hydrogens (tertiary/aromatic N) is 2. The van der Waals surface area contributed by atoms with Crippen molar-refractivity contribution >= 4 is 43.5 Å². The van der Waals surface area contributed by atoms with Gasteiger partial charge in [0.05, 0.1) is 27.7 Å². The summed E-state index contributed by atoms with van der Waals surface area (Å²) in [6.07, 6.45) is 0. The molecule has 0 aliphatic heterocycles. The quantitative estimate of drug-likeness (QED) is 0.171. The van der Waals surface area contributed by atoms with E-state index in [0.29, 0.717) is 0 Å². The van der Waals surface area contributed by atoms with Crippen LogP contribution in [0.3, 0.4) is 0 Å². The van der Waals surface area contributed by atoms with Crippen molar-refractivity contribution in [2.75, 3.05) is 0 Å². The smallest absolute Gasteiger partial charge is 0.215 e. The Morgan fingerprint density at radius 2 is 1.02 bits per heavy atom. The van der Waals surface area contributed by atoms with Crippen molar-refractivity contribution < 1.29 is 4.57 Å². The fourth-order valence-electron chi connectivity index (χ4n) is 7.48. The van der Waals surface area contributed by atoms with E-state index in [0.717, 1.165) is 0 Å². The van der Waals surface area contributed by atoms with Gasteiger partial charge in [0.2, 0.25) is 11.2 Å². The molecule has 238 valence electrons. The summed E-state index contributed by atoms with van der Waals surface area (Å²) in [6, 6.07) is 37.0. The van der Waals surface area contributed by atoms with Crippen molar-refractivity contribution in [1.82, 2.24) is 4.57 Å². The molecular formula is C45H49N2+. The fraction of sp³-hybridized carbons (Fsp3) is 0.311. The molecule has 0 N–H and O–H groups in total. The molecule has 0 aliphatic carbocycles. The molecular weight excluding hydrogens is 569 g/mol. The third-order valence-corrected chi connectivity index (χ3v) is 10.3. The molecule has 2 aromatic heterocycles. The van der Waals surface area contributed by atoms with E-state index >= 15 is 0 Å². The minimum atomic E-state index is -0.000150. The molecule has 2 nitrogen and oxygen atoms in total. The van der Waals surface area contributed by atoms with Crippen molar-refractivity contribution in [2.24, 2.45) is 7.05 Å². The zero-order chi connectivity index (χ0) is 33.6. The Kier molecular flexibility index (Phi) is 6.99. The maximum Gasteiger partial charge on any atom is 0.215 e. The molecule has 0 fully saturated rings. The minimum Gasteiger partial charge on any atom is -0.308 e. The Morgan fingerprint density at radius 1 is 0.511 bits per heavy atom.